The van der Waals surface area contributed by atoms with Crippen molar-refractivity contribution in [3.8, 4) is 5.75 Å². The van der Waals surface area contributed by atoms with Crippen molar-refractivity contribution in [3.63, 3.8) is 0 Å². The Kier molecular flexibility index (Phi) is 6.85. The van der Waals surface area contributed by atoms with Crippen molar-refractivity contribution in [2.24, 2.45) is 0 Å². The Morgan fingerprint density at radius 1 is 1.10 bits per heavy atom. The molecule has 2 unspecified atom stereocenters. The second-order valence-corrected chi connectivity index (χ2v) is 7.92. The highest BCUT2D eigenvalue weighted by atomic mass is 32.2. The SMILES string of the molecule is CC(Oc1ccc(F)c(C(F)(F)F)c1)C(=O)N1CCN(c2ccc(S(=O)O)cc2)CC1. The summed E-state index contributed by atoms with van der Waals surface area (Å²) in [7, 11) is 0. The summed E-state index contributed by atoms with van der Waals surface area (Å²) in [6.07, 6.45) is -5.91. The molecule has 3 rings (SSSR count). The number of hydrogen-bond donors (Lipinski definition) is 1. The molecule has 0 aromatic heterocycles. The minimum Gasteiger partial charge on any atom is -0.481 e. The summed E-state index contributed by atoms with van der Waals surface area (Å²) in [6.45, 7) is 3.19. The predicted octanol–water partition coefficient (Wildman–Crippen LogP) is 3.54. The Labute approximate surface area is 178 Å². The van der Waals surface area contributed by atoms with Gasteiger partial charge in [0.2, 0.25) is 0 Å². The van der Waals surface area contributed by atoms with Crippen molar-refractivity contribution in [1.29, 1.82) is 0 Å². The molecule has 11 heteroatoms. The Morgan fingerprint density at radius 2 is 1.71 bits per heavy atom. The molecule has 31 heavy (non-hydrogen) atoms. The molecule has 0 radical (unpaired) electrons. The summed E-state index contributed by atoms with van der Waals surface area (Å²) < 4.78 is 77.4. The summed E-state index contributed by atoms with van der Waals surface area (Å²) in [5.74, 6) is -2.04. The van der Waals surface area contributed by atoms with Crippen molar-refractivity contribution < 1.29 is 35.9 Å². The lowest BCUT2D eigenvalue weighted by atomic mass is 10.2. The molecule has 1 aliphatic rings. The zero-order valence-corrected chi connectivity index (χ0v) is 17.3. The fraction of sp³-hybridized carbons (Fsp3) is 0.350. The molecule has 1 aliphatic heterocycles. The average molecular weight is 460 g/mol. The molecule has 2 aromatic rings. The number of benzene rings is 2. The predicted molar refractivity (Wildman–Crippen MR) is 106 cm³/mol. The van der Waals surface area contributed by atoms with Crippen LogP contribution < -0.4 is 9.64 Å². The van der Waals surface area contributed by atoms with E-state index in [-0.39, 0.29) is 16.6 Å². The van der Waals surface area contributed by atoms with Gasteiger partial charge in [-0.3, -0.25) is 4.79 Å². The molecule has 1 fully saturated rings. The molecule has 1 amide bonds. The van der Waals surface area contributed by atoms with Crippen LogP contribution in [-0.4, -0.2) is 51.9 Å². The van der Waals surface area contributed by atoms with E-state index in [1.807, 2.05) is 4.90 Å². The molecule has 1 N–H and O–H groups in total. The number of alkyl halides is 3. The van der Waals surface area contributed by atoms with E-state index in [0.29, 0.717) is 38.3 Å². The van der Waals surface area contributed by atoms with Gasteiger partial charge in [0.15, 0.2) is 17.2 Å². The molecule has 1 saturated heterocycles. The molecule has 2 aromatic carbocycles. The molecular formula is C20H20F4N2O4S. The third kappa shape index (κ3) is 5.53. The van der Waals surface area contributed by atoms with Gasteiger partial charge in [0.1, 0.15) is 11.6 Å². The Morgan fingerprint density at radius 3 is 2.26 bits per heavy atom. The summed E-state index contributed by atoms with van der Waals surface area (Å²) in [5.41, 5.74) is -0.606. The first-order valence-corrected chi connectivity index (χ1v) is 10.4. The number of nitrogens with zero attached hydrogens (tertiary/aromatic N) is 2. The van der Waals surface area contributed by atoms with Gasteiger partial charge in [0, 0.05) is 31.9 Å². The van der Waals surface area contributed by atoms with Gasteiger partial charge in [-0.1, -0.05) is 0 Å². The number of carbonyl (C=O) groups is 1. The number of amides is 1. The van der Waals surface area contributed by atoms with Crippen LogP contribution in [-0.2, 0) is 22.1 Å². The van der Waals surface area contributed by atoms with Crippen LogP contribution in [0, 0.1) is 5.82 Å². The zero-order valence-electron chi connectivity index (χ0n) is 16.4. The number of rotatable bonds is 5. The smallest absolute Gasteiger partial charge is 0.419 e. The Hall–Kier alpha value is -2.66. The van der Waals surface area contributed by atoms with E-state index in [2.05, 4.69) is 0 Å². The largest absolute Gasteiger partial charge is 0.481 e. The number of hydrogen-bond acceptors (Lipinski definition) is 4. The quantitative estimate of drug-likeness (QED) is 0.546. The number of carbonyl (C=O) groups excluding carboxylic acids is 1. The van der Waals surface area contributed by atoms with Crippen molar-refractivity contribution in [2.45, 2.75) is 24.1 Å². The van der Waals surface area contributed by atoms with Gasteiger partial charge in [-0.15, -0.1) is 0 Å². The zero-order chi connectivity index (χ0) is 22.8. The standard InChI is InChI=1S/C20H20F4N2O4S/c1-13(30-15-4-7-18(21)17(12-15)20(22,23)24)19(27)26-10-8-25(9-11-26)14-2-5-16(6-3-14)31(28)29/h2-7,12-13H,8-11H2,1H3,(H,28,29). The fourth-order valence-corrected chi connectivity index (χ4v) is 3.63. The lowest BCUT2D eigenvalue weighted by Gasteiger charge is -2.37. The monoisotopic (exact) mass is 460 g/mol. The normalized spacial score (nSPS) is 16.7. The van der Waals surface area contributed by atoms with Crippen LogP contribution in [0.25, 0.3) is 0 Å². The van der Waals surface area contributed by atoms with Gasteiger partial charge in [-0.2, -0.15) is 13.2 Å². The number of piperazine rings is 1. The second-order valence-electron chi connectivity index (χ2n) is 6.95. The molecular weight excluding hydrogens is 440 g/mol. The lowest BCUT2D eigenvalue weighted by Crippen LogP contribution is -2.52. The average Bonchev–Trinajstić information content (AvgIpc) is 2.74. The maximum Gasteiger partial charge on any atom is 0.419 e. The summed E-state index contributed by atoms with van der Waals surface area (Å²) >= 11 is -2.05. The van der Waals surface area contributed by atoms with E-state index in [0.717, 1.165) is 11.8 Å². The van der Waals surface area contributed by atoms with Crippen LogP contribution in [0.2, 0.25) is 0 Å². The third-order valence-electron chi connectivity index (χ3n) is 4.90. The van der Waals surface area contributed by atoms with E-state index >= 15 is 0 Å². The van der Waals surface area contributed by atoms with Gasteiger partial charge < -0.3 is 19.1 Å². The highest BCUT2D eigenvalue weighted by Gasteiger charge is 2.35. The highest BCUT2D eigenvalue weighted by Crippen LogP contribution is 2.34. The minimum absolute atomic E-state index is 0.241. The molecule has 0 bridgehead atoms. The van der Waals surface area contributed by atoms with Gasteiger partial charge in [-0.25, -0.2) is 8.60 Å². The first kappa shape index (κ1) is 23.0. The molecule has 2 atom stereocenters. The molecule has 1 heterocycles. The molecule has 0 spiro atoms. The number of anilines is 1. The maximum absolute atomic E-state index is 13.4. The highest BCUT2D eigenvalue weighted by molar-refractivity contribution is 7.79. The van der Waals surface area contributed by atoms with Crippen LogP contribution in [0.5, 0.6) is 5.75 Å². The minimum atomic E-state index is -4.86. The first-order chi connectivity index (χ1) is 14.6. The Balaban J connectivity index is 1.58. The second kappa shape index (κ2) is 9.23. The van der Waals surface area contributed by atoms with E-state index in [1.165, 1.54) is 6.92 Å². The van der Waals surface area contributed by atoms with Gasteiger partial charge in [-0.05, 0) is 49.4 Å². The molecule has 168 valence electrons. The van der Waals surface area contributed by atoms with Gasteiger partial charge in [0.25, 0.3) is 5.91 Å². The van der Waals surface area contributed by atoms with Gasteiger partial charge in [0.05, 0.1) is 10.5 Å². The van der Waals surface area contributed by atoms with E-state index in [9.17, 15) is 26.6 Å². The summed E-state index contributed by atoms with van der Waals surface area (Å²) in [5, 5.41) is 0. The van der Waals surface area contributed by atoms with Crippen LogP contribution in [0.3, 0.4) is 0 Å². The van der Waals surface area contributed by atoms with Crippen LogP contribution in [0.15, 0.2) is 47.4 Å². The molecule has 0 saturated carbocycles. The fourth-order valence-electron chi connectivity index (χ4n) is 3.26. The van der Waals surface area contributed by atoms with Crippen molar-refractivity contribution in [3.05, 3.63) is 53.8 Å². The van der Waals surface area contributed by atoms with Crippen LogP contribution >= 0.6 is 0 Å². The topological polar surface area (TPSA) is 70.1 Å². The van der Waals surface area contributed by atoms with Crippen molar-refractivity contribution in [2.75, 3.05) is 31.1 Å². The molecule has 6 nitrogen and oxygen atoms in total. The molecule has 0 aliphatic carbocycles. The van der Waals surface area contributed by atoms with Crippen molar-refractivity contribution in [1.82, 2.24) is 4.90 Å². The van der Waals surface area contributed by atoms with Crippen molar-refractivity contribution >= 4 is 22.7 Å². The number of halogens is 4. The van der Waals surface area contributed by atoms with E-state index in [1.54, 1.807) is 29.2 Å². The van der Waals surface area contributed by atoms with E-state index < -0.39 is 34.7 Å². The summed E-state index contributed by atoms with van der Waals surface area (Å²) in [6, 6.07) is 8.80. The van der Waals surface area contributed by atoms with E-state index in [4.69, 9.17) is 9.29 Å². The Bertz CT molecular complexity index is 961. The lowest BCUT2D eigenvalue weighted by molar-refractivity contribution is -0.140. The maximum atomic E-state index is 13.4. The summed E-state index contributed by atoms with van der Waals surface area (Å²) in [4.78, 5) is 16.5. The third-order valence-corrected chi connectivity index (χ3v) is 5.57. The van der Waals surface area contributed by atoms with Crippen LogP contribution in [0.4, 0.5) is 23.2 Å². The number of ether oxygens (including phenoxy) is 1. The first-order valence-electron chi connectivity index (χ1n) is 9.34. The van der Waals surface area contributed by atoms with Crippen LogP contribution in [0.1, 0.15) is 12.5 Å². The van der Waals surface area contributed by atoms with Gasteiger partial charge >= 0.3 is 6.18 Å².